The van der Waals surface area contributed by atoms with Crippen molar-refractivity contribution in [3.8, 4) is 5.75 Å². The van der Waals surface area contributed by atoms with E-state index in [0.29, 0.717) is 17.7 Å². The van der Waals surface area contributed by atoms with Gasteiger partial charge in [-0.15, -0.1) is 0 Å². The second-order valence-corrected chi connectivity index (χ2v) is 5.62. The fourth-order valence-corrected chi connectivity index (χ4v) is 2.54. The molecule has 0 atom stereocenters. The molecule has 0 aliphatic heterocycles. The van der Waals surface area contributed by atoms with Crippen LogP contribution in [-0.2, 0) is 10.0 Å². The molecule has 16 heavy (non-hydrogen) atoms. The van der Waals surface area contributed by atoms with Crippen LogP contribution in [-0.4, -0.2) is 19.3 Å². The van der Waals surface area contributed by atoms with E-state index in [0.717, 1.165) is 6.42 Å². The van der Waals surface area contributed by atoms with Crippen LogP contribution < -0.4 is 4.72 Å². The van der Waals surface area contributed by atoms with Gasteiger partial charge in [0.15, 0.2) is 0 Å². The normalized spacial score (nSPS) is 11.4. The summed E-state index contributed by atoms with van der Waals surface area (Å²) in [6, 6.07) is 4.64. The average Bonchev–Trinajstić information content (AvgIpc) is 2.20. The summed E-state index contributed by atoms with van der Waals surface area (Å²) < 4.78 is 25.6. The van der Waals surface area contributed by atoms with E-state index in [9.17, 15) is 13.5 Å². The number of sulfonamides is 1. The molecule has 0 aliphatic rings. The Labute approximate surface area is 96.4 Å². The Kier molecular flexibility index (Phi) is 4.18. The van der Waals surface area contributed by atoms with Crippen molar-refractivity contribution in [3.05, 3.63) is 23.8 Å². The molecule has 0 aromatic heterocycles. The van der Waals surface area contributed by atoms with Crippen LogP contribution in [0.3, 0.4) is 0 Å². The molecule has 0 unspecified atom stereocenters. The number of aryl methyl sites for hydroxylation is 1. The van der Waals surface area contributed by atoms with Crippen LogP contribution in [0.15, 0.2) is 18.2 Å². The number of unbranched alkanes of at least 4 members (excludes halogenated alkanes) is 1. The molecule has 2 N–H and O–H groups in total. The van der Waals surface area contributed by atoms with E-state index in [4.69, 9.17) is 0 Å². The van der Waals surface area contributed by atoms with Crippen molar-refractivity contribution in [1.29, 1.82) is 0 Å². The summed E-state index contributed by atoms with van der Waals surface area (Å²) in [5, 5.41) is 9.31. The molecule has 4 nitrogen and oxygen atoms in total. The third kappa shape index (κ3) is 3.73. The van der Waals surface area contributed by atoms with Gasteiger partial charge in [0.05, 0.1) is 5.75 Å². The monoisotopic (exact) mass is 243 g/mol. The van der Waals surface area contributed by atoms with Gasteiger partial charge in [-0.1, -0.05) is 13.3 Å². The van der Waals surface area contributed by atoms with E-state index in [1.54, 1.807) is 19.1 Å². The van der Waals surface area contributed by atoms with Crippen molar-refractivity contribution in [2.24, 2.45) is 0 Å². The Morgan fingerprint density at radius 3 is 2.62 bits per heavy atom. The Bertz CT molecular complexity index is 454. The third-order valence-corrected chi connectivity index (χ3v) is 3.61. The smallest absolute Gasteiger partial charge is 0.232 e. The predicted octanol–water partition coefficient (Wildman–Crippen LogP) is 2.24. The fraction of sp³-hybridized carbons (Fsp3) is 0.455. The van der Waals surface area contributed by atoms with Crippen LogP contribution in [0.5, 0.6) is 5.75 Å². The molecule has 0 saturated carbocycles. The quantitative estimate of drug-likeness (QED) is 0.779. The van der Waals surface area contributed by atoms with Crippen LogP contribution >= 0.6 is 0 Å². The highest BCUT2D eigenvalue weighted by atomic mass is 32.2. The Morgan fingerprint density at radius 1 is 1.38 bits per heavy atom. The molecule has 0 aliphatic carbocycles. The third-order valence-electron chi connectivity index (χ3n) is 2.24. The standard InChI is InChI=1S/C11H17NO3S/c1-3-4-7-16(14,15)12-10-5-6-11(13)9(2)8-10/h5-6,8,12-13H,3-4,7H2,1-2H3. The van der Waals surface area contributed by atoms with Crippen molar-refractivity contribution in [3.63, 3.8) is 0 Å². The van der Waals surface area contributed by atoms with Gasteiger partial charge in [0.2, 0.25) is 10.0 Å². The van der Waals surface area contributed by atoms with E-state index in [1.807, 2.05) is 6.92 Å². The summed E-state index contributed by atoms with van der Waals surface area (Å²) in [4.78, 5) is 0. The van der Waals surface area contributed by atoms with E-state index in [-0.39, 0.29) is 11.5 Å². The van der Waals surface area contributed by atoms with Crippen molar-refractivity contribution in [2.75, 3.05) is 10.5 Å². The summed E-state index contributed by atoms with van der Waals surface area (Å²) in [6.07, 6.45) is 1.49. The maximum Gasteiger partial charge on any atom is 0.232 e. The number of benzene rings is 1. The average molecular weight is 243 g/mol. The van der Waals surface area contributed by atoms with Gasteiger partial charge in [-0.25, -0.2) is 8.42 Å². The number of anilines is 1. The van der Waals surface area contributed by atoms with Crippen molar-refractivity contribution in [2.45, 2.75) is 26.7 Å². The zero-order valence-electron chi connectivity index (χ0n) is 9.53. The highest BCUT2D eigenvalue weighted by molar-refractivity contribution is 7.92. The summed E-state index contributed by atoms with van der Waals surface area (Å²) >= 11 is 0. The molecule has 1 rings (SSSR count). The minimum absolute atomic E-state index is 0.128. The number of phenols is 1. The predicted molar refractivity (Wildman–Crippen MR) is 65.2 cm³/mol. The lowest BCUT2D eigenvalue weighted by molar-refractivity contribution is 0.471. The zero-order valence-corrected chi connectivity index (χ0v) is 10.3. The minimum atomic E-state index is -3.26. The topological polar surface area (TPSA) is 66.4 Å². The van der Waals surface area contributed by atoms with Crippen molar-refractivity contribution >= 4 is 15.7 Å². The molecule has 0 radical (unpaired) electrons. The number of nitrogens with one attached hydrogen (secondary N) is 1. The van der Waals surface area contributed by atoms with Gasteiger partial charge >= 0.3 is 0 Å². The number of hydrogen-bond acceptors (Lipinski definition) is 3. The van der Waals surface area contributed by atoms with Gasteiger partial charge in [0.1, 0.15) is 5.75 Å². The highest BCUT2D eigenvalue weighted by Crippen LogP contribution is 2.21. The second-order valence-electron chi connectivity index (χ2n) is 3.78. The summed E-state index contributed by atoms with van der Waals surface area (Å²) in [5.41, 5.74) is 1.14. The summed E-state index contributed by atoms with van der Waals surface area (Å²) in [5.74, 6) is 0.292. The van der Waals surface area contributed by atoms with Crippen LogP contribution in [0.4, 0.5) is 5.69 Å². The molecule has 0 saturated heterocycles. The first kappa shape index (κ1) is 12.8. The first-order valence-corrected chi connectivity index (χ1v) is 6.90. The van der Waals surface area contributed by atoms with E-state index in [2.05, 4.69) is 4.72 Å². The van der Waals surface area contributed by atoms with E-state index >= 15 is 0 Å². The van der Waals surface area contributed by atoms with Gasteiger partial charge in [-0.05, 0) is 37.1 Å². The first-order chi connectivity index (χ1) is 7.44. The Balaban J connectivity index is 2.76. The van der Waals surface area contributed by atoms with Crippen LogP contribution in [0, 0.1) is 6.92 Å². The fourth-order valence-electron chi connectivity index (χ4n) is 1.28. The molecular formula is C11H17NO3S. The molecule has 1 aromatic carbocycles. The first-order valence-electron chi connectivity index (χ1n) is 5.24. The molecule has 0 amide bonds. The van der Waals surface area contributed by atoms with Crippen LogP contribution in [0.25, 0.3) is 0 Å². The number of rotatable bonds is 5. The van der Waals surface area contributed by atoms with Crippen LogP contribution in [0.2, 0.25) is 0 Å². The maximum atomic E-state index is 11.6. The summed E-state index contributed by atoms with van der Waals surface area (Å²) in [7, 11) is -3.26. The molecule has 0 spiro atoms. The van der Waals surface area contributed by atoms with Gasteiger partial charge in [0, 0.05) is 5.69 Å². The SMILES string of the molecule is CCCCS(=O)(=O)Nc1ccc(O)c(C)c1. The molecule has 0 bridgehead atoms. The zero-order chi connectivity index (χ0) is 12.2. The largest absolute Gasteiger partial charge is 0.508 e. The minimum Gasteiger partial charge on any atom is -0.508 e. The molecule has 5 heteroatoms. The van der Waals surface area contributed by atoms with E-state index in [1.165, 1.54) is 6.07 Å². The molecule has 90 valence electrons. The molecule has 0 fully saturated rings. The number of phenolic OH excluding ortho intramolecular Hbond substituents is 1. The summed E-state index contributed by atoms with van der Waals surface area (Å²) in [6.45, 7) is 3.67. The lowest BCUT2D eigenvalue weighted by Crippen LogP contribution is -2.16. The number of hydrogen-bond donors (Lipinski definition) is 2. The van der Waals surface area contributed by atoms with Gasteiger partial charge in [-0.3, -0.25) is 4.72 Å². The molecule has 1 aromatic rings. The Hall–Kier alpha value is -1.23. The second kappa shape index (κ2) is 5.21. The number of aromatic hydroxyl groups is 1. The van der Waals surface area contributed by atoms with E-state index < -0.39 is 10.0 Å². The lowest BCUT2D eigenvalue weighted by Gasteiger charge is -2.08. The van der Waals surface area contributed by atoms with Gasteiger partial charge in [-0.2, -0.15) is 0 Å². The molecular weight excluding hydrogens is 226 g/mol. The molecule has 0 heterocycles. The highest BCUT2D eigenvalue weighted by Gasteiger charge is 2.09. The van der Waals surface area contributed by atoms with Crippen molar-refractivity contribution < 1.29 is 13.5 Å². The van der Waals surface area contributed by atoms with Gasteiger partial charge in [0.25, 0.3) is 0 Å². The van der Waals surface area contributed by atoms with Gasteiger partial charge < -0.3 is 5.11 Å². The maximum absolute atomic E-state index is 11.6. The van der Waals surface area contributed by atoms with Crippen LogP contribution in [0.1, 0.15) is 25.3 Å². The van der Waals surface area contributed by atoms with Crippen molar-refractivity contribution in [1.82, 2.24) is 0 Å². The lowest BCUT2D eigenvalue weighted by atomic mass is 10.2. The Morgan fingerprint density at radius 2 is 2.06 bits per heavy atom.